The molecule has 0 atom stereocenters. The van der Waals surface area contributed by atoms with Crippen LogP contribution in [0.3, 0.4) is 0 Å². The summed E-state index contributed by atoms with van der Waals surface area (Å²) in [6, 6.07) is 24.8. The van der Waals surface area contributed by atoms with Gasteiger partial charge >= 0.3 is 12.1 Å². The van der Waals surface area contributed by atoms with Crippen molar-refractivity contribution in [1.29, 1.82) is 0 Å². The minimum absolute atomic E-state index is 0.112. The second-order valence-corrected chi connectivity index (χ2v) is 9.68. The second-order valence-electron chi connectivity index (χ2n) is 9.68. The fourth-order valence-electron chi connectivity index (χ4n) is 4.61. The van der Waals surface area contributed by atoms with E-state index in [4.69, 9.17) is 18.9 Å². The molecule has 9 nitrogen and oxygen atoms in total. The van der Waals surface area contributed by atoms with Crippen molar-refractivity contribution in [3.05, 3.63) is 108 Å². The highest BCUT2D eigenvalue weighted by Crippen LogP contribution is 2.35. The third-order valence-electron chi connectivity index (χ3n) is 6.80. The minimum atomic E-state index is -4.98. The van der Waals surface area contributed by atoms with E-state index in [1.807, 2.05) is 42.5 Å². The number of carboxylic acids is 1. The summed E-state index contributed by atoms with van der Waals surface area (Å²) >= 11 is 0. The molecule has 45 heavy (non-hydrogen) atoms. The Morgan fingerprint density at radius 3 is 2.33 bits per heavy atom. The Morgan fingerprint density at radius 1 is 0.867 bits per heavy atom. The van der Waals surface area contributed by atoms with E-state index in [1.165, 1.54) is 12.1 Å². The highest BCUT2D eigenvalue weighted by Gasteiger charge is 2.41. The number of hydrogen-bond donors (Lipinski definition) is 1. The van der Waals surface area contributed by atoms with Crippen molar-refractivity contribution >= 4 is 5.97 Å². The van der Waals surface area contributed by atoms with Crippen LogP contribution in [0, 0.1) is 0 Å². The zero-order valence-electron chi connectivity index (χ0n) is 24.2. The summed E-state index contributed by atoms with van der Waals surface area (Å²) in [6.07, 6.45) is -4.32. The van der Waals surface area contributed by atoms with E-state index in [1.54, 1.807) is 44.6 Å². The topological polar surface area (TPSA) is 105 Å². The van der Waals surface area contributed by atoms with Crippen molar-refractivity contribution in [2.75, 3.05) is 27.4 Å². The summed E-state index contributed by atoms with van der Waals surface area (Å²) in [5.74, 6) is -0.178. The van der Waals surface area contributed by atoms with E-state index >= 15 is 0 Å². The Kier molecular flexibility index (Phi) is 9.33. The number of aromatic nitrogens is 3. The summed E-state index contributed by atoms with van der Waals surface area (Å²) in [7, 11) is 3.19. The highest BCUT2D eigenvalue weighted by atomic mass is 19.4. The number of carbonyl (C=O) groups is 1. The number of para-hydroxylation sites is 1. The van der Waals surface area contributed by atoms with Crippen LogP contribution in [0.2, 0.25) is 0 Å². The lowest BCUT2D eigenvalue weighted by molar-refractivity contribution is -0.143. The number of benzene rings is 3. The number of carboxylic acid groups (broad SMARTS) is 1. The van der Waals surface area contributed by atoms with Gasteiger partial charge in [0.15, 0.2) is 11.5 Å². The average Bonchev–Trinajstić information content (AvgIpc) is 3.52. The molecule has 0 unspecified atom stereocenters. The maximum atomic E-state index is 13.8. The van der Waals surface area contributed by atoms with Crippen molar-refractivity contribution in [3.8, 4) is 45.5 Å². The summed E-state index contributed by atoms with van der Waals surface area (Å²) in [4.78, 5) is 15.8. The number of aromatic carboxylic acids is 1. The summed E-state index contributed by atoms with van der Waals surface area (Å²) in [6.45, 7) is 0.819. The summed E-state index contributed by atoms with van der Waals surface area (Å²) in [5, 5.41) is 13.0. The van der Waals surface area contributed by atoms with Gasteiger partial charge in [-0.3, -0.25) is 0 Å². The van der Waals surface area contributed by atoms with Crippen molar-refractivity contribution in [1.82, 2.24) is 14.8 Å². The average molecular weight is 620 g/mol. The fourth-order valence-corrected chi connectivity index (χ4v) is 4.61. The molecular formula is C33H28F3N3O6. The Bertz CT molecular complexity index is 1790. The monoisotopic (exact) mass is 619 g/mol. The van der Waals surface area contributed by atoms with Gasteiger partial charge in [-0.1, -0.05) is 42.5 Å². The number of methoxy groups -OCH3 is 2. The van der Waals surface area contributed by atoms with E-state index in [9.17, 15) is 23.1 Å². The first-order valence-corrected chi connectivity index (χ1v) is 13.7. The van der Waals surface area contributed by atoms with Crippen LogP contribution in [0.15, 0.2) is 91.1 Å². The number of ether oxygens (including phenoxy) is 4. The lowest BCUT2D eigenvalue weighted by atomic mass is 10.0. The number of halogens is 3. The molecule has 5 rings (SSSR count). The summed E-state index contributed by atoms with van der Waals surface area (Å²) < 4.78 is 64.6. The lowest BCUT2D eigenvalue weighted by Crippen LogP contribution is -2.18. The van der Waals surface area contributed by atoms with Gasteiger partial charge in [-0.25, -0.2) is 14.5 Å². The third kappa shape index (κ3) is 7.07. The van der Waals surface area contributed by atoms with Crippen LogP contribution in [0.1, 0.15) is 21.6 Å². The van der Waals surface area contributed by atoms with E-state index in [2.05, 4.69) is 10.1 Å². The molecule has 0 spiro atoms. The number of nitrogens with zero attached hydrogens (tertiary/aromatic N) is 3. The zero-order valence-corrected chi connectivity index (χ0v) is 24.2. The molecular weight excluding hydrogens is 591 g/mol. The molecule has 5 aromatic rings. The fraction of sp³-hybridized carbons (Fsp3) is 0.182. The van der Waals surface area contributed by atoms with Crippen molar-refractivity contribution in [2.24, 2.45) is 0 Å². The quantitative estimate of drug-likeness (QED) is 0.150. The van der Waals surface area contributed by atoms with Gasteiger partial charge in [0, 0.05) is 18.2 Å². The van der Waals surface area contributed by atoms with Gasteiger partial charge in [0.25, 0.3) is 0 Å². The molecule has 0 aliphatic carbocycles. The van der Waals surface area contributed by atoms with Crippen LogP contribution < -0.4 is 14.2 Å². The van der Waals surface area contributed by atoms with Crippen molar-refractivity contribution < 1.29 is 42.0 Å². The van der Waals surface area contributed by atoms with Crippen LogP contribution in [-0.2, 0) is 17.5 Å². The van der Waals surface area contributed by atoms with Gasteiger partial charge in [-0.2, -0.15) is 18.3 Å². The molecule has 0 radical (unpaired) electrons. The zero-order chi connectivity index (χ0) is 32.0. The van der Waals surface area contributed by atoms with E-state index < -0.39 is 23.4 Å². The minimum Gasteiger partial charge on any atom is -0.497 e. The first-order valence-electron chi connectivity index (χ1n) is 13.7. The SMILES string of the molecule is COCCOc1cc(-c2ccc(OC)cc2)ccc1COc1ccccc1-c1cccc(-n2ncc(C(=O)O)c2C(F)(F)F)n1. The van der Waals surface area contributed by atoms with E-state index in [-0.39, 0.29) is 12.4 Å². The Hall–Kier alpha value is -5.36. The smallest absolute Gasteiger partial charge is 0.434 e. The standard InChI is InChI=1S/C33H28F3N3O6/c1-42-16-17-44-29-18-22(21-12-14-24(43-2)15-13-21)10-11-23(29)20-45-28-8-4-3-6-25(28)27-7-5-9-30(38-27)39-31(33(34,35)36)26(19-37-39)32(40)41/h3-15,18-19H,16-17,20H2,1-2H3,(H,40,41). The van der Waals surface area contributed by atoms with Gasteiger partial charge in [0.1, 0.15) is 36.0 Å². The normalized spacial score (nSPS) is 11.3. The molecule has 2 heterocycles. The molecule has 0 fully saturated rings. The van der Waals surface area contributed by atoms with Gasteiger partial charge in [0.2, 0.25) is 0 Å². The molecule has 12 heteroatoms. The van der Waals surface area contributed by atoms with Crippen LogP contribution in [0.5, 0.6) is 17.2 Å². The predicted octanol–water partition coefficient (Wildman–Crippen LogP) is 6.93. The third-order valence-corrected chi connectivity index (χ3v) is 6.80. The Balaban J connectivity index is 1.44. The maximum Gasteiger partial charge on any atom is 0.434 e. The molecule has 0 aliphatic rings. The molecule has 2 aromatic heterocycles. The van der Waals surface area contributed by atoms with Gasteiger partial charge in [-0.15, -0.1) is 0 Å². The molecule has 0 saturated heterocycles. The van der Waals surface area contributed by atoms with Gasteiger partial charge < -0.3 is 24.1 Å². The Morgan fingerprint density at radius 2 is 1.62 bits per heavy atom. The second kappa shape index (κ2) is 13.5. The molecule has 0 aliphatic heterocycles. The van der Waals surface area contributed by atoms with E-state index in [0.29, 0.717) is 46.8 Å². The van der Waals surface area contributed by atoms with Crippen molar-refractivity contribution in [2.45, 2.75) is 12.8 Å². The largest absolute Gasteiger partial charge is 0.497 e. The van der Waals surface area contributed by atoms with Gasteiger partial charge in [0.05, 0.1) is 25.6 Å². The Labute approximate surface area is 256 Å². The van der Waals surface area contributed by atoms with E-state index in [0.717, 1.165) is 22.4 Å². The molecule has 232 valence electrons. The van der Waals surface area contributed by atoms with Gasteiger partial charge in [-0.05, 0) is 53.6 Å². The molecule has 0 saturated carbocycles. The molecule has 0 amide bonds. The molecule has 3 aromatic carbocycles. The van der Waals surface area contributed by atoms with Crippen molar-refractivity contribution in [3.63, 3.8) is 0 Å². The number of alkyl halides is 3. The lowest BCUT2D eigenvalue weighted by Gasteiger charge is -2.16. The molecule has 0 bridgehead atoms. The first-order chi connectivity index (χ1) is 21.7. The van der Waals surface area contributed by atoms with Crippen LogP contribution in [0.4, 0.5) is 13.2 Å². The maximum absolute atomic E-state index is 13.8. The number of pyridine rings is 1. The number of hydrogen-bond acceptors (Lipinski definition) is 7. The number of rotatable bonds is 12. The first kappa shape index (κ1) is 31.1. The van der Waals surface area contributed by atoms with Crippen LogP contribution in [0.25, 0.3) is 28.2 Å². The molecule has 1 N–H and O–H groups in total. The van der Waals surface area contributed by atoms with Crippen LogP contribution >= 0.6 is 0 Å². The summed E-state index contributed by atoms with van der Waals surface area (Å²) in [5.41, 5.74) is 1.07. The highest BCUT2D eigenvalue weighted by molar-refractivity contribution is 5.89. The van der Waals surface area contributed by atoms with Crippen LogP contribution in [-0.4, -0.2) is 53.3 Å². The predicted molar refractivity (Wildman–Crippen MR) is 159 cm³/mol.